The lowest BCUT2D eigenvalue weighted by Crippen LogP contribution is -2.20. The zero-order valence-corrected chi connectivity index (χ0v) is 12.7. The van der Waals surface area contributed by atoms with E-state index in [-0.39, 0.29) is 22.6 Å². The molecule has 1 aromatic rings. The van der Waals surface area contributed by atoms with Crippen molar-refractivity contribution in [3.63, 3.8) is 0 Å². The summed E-state index contributed by atoms with van der Waals surface area (Å²) in [6, 6.07) is 2.37. The molecule has 21 heavy (non-hydrogen) atoms. The predicted molar refractivity (Wildman–Crippen MR) is 78.9 cm³/mol. The van der Waals surface area contributed by atoms with Crippen LogP contribution in [0.4, 0.5) is 5.69 Å². The number of nitriles is 1. The monoisotopic (exact) mass is 290 g/mol. The second kappa shape index (κ2) is 6.70. The van der Waals surface area contributed by atoms with Crippen LogP contribution in [-0.4, -0.2) is 14.7 Å². The van der Waals surface area contributed by atoms with E-state index in [1.807, 2.05) is 13.8 Å². The molecule has 1 aliphatic rings. The molecule has 6 heteroatoms. The second-order valence-corrected chi connectivity index (χ2v) is 5.59. The zero-order valence-electron chi connectivity index (χ0n) is 12.7. The van der Waals surface area contributed by atoms with Crippen LogP contribution in [0, 0.1) is 27.4 Å². The van der Waals surface area contributed by atoms with Crippen molar-refractivity contribution in [3.8, 4) is 6.07 Å². The lowest BCUT2D eigenvalue weighted by molar-refractivity contribution is -0.386. The molecular weight excluding hydrogens is 268 g/mol. The maximum absolute atomic E-state index is 11.4. The average molecular weight is 290 g/mol. The first kappa shape index (κ1) is 15.5. The molecule has 1 aliphatic carbocycles. The second-order valence-electron chi connectivity index (χ2n) is 5.59. The number of rotatable bonds is 4. The van der Waals surface area contributed by atoms with Crippen molar-refractivity contribution in [1.29, 1.82) is 5.26 Å². The summed E-state index contributed by atoms with van der Waals surface area (Å²) in [7, 11) is 0. The van der Waals surface area contributed by atoms with Crippen LogP contribution >= 0.6 is 0 Å². The standard InChI is InChI=1S/C15H22N4O2/c1-3-12-15(19(20)21)13(4-2)18(17-12)14-9-7-5-6-8-11(14)10-16/h11,14H,3-9H2,1-2H3. The molecule has 0 aliphatic heterocycles. The van der Waals surface area contributed by atoms with E-state index >= 15 is 0 Å². The quantitative estimate of drug-likeness (QED) is 0.482. The lowest BCUT2D eigenvalue weighted by Gasteiger charge is -2.21. The van der Waals surface area contributed by atoms with Gasteiger partial charge in [0.1, 0.15) is 11.4 Å². The van der Waals surface area contributed by atoms with E-state index in [1.165, 1.54) is 0 Å². The number of hydrogen-bond acceptors (Lipinski definition) is 4. The summed E-state index contributed by atoms with van der Waals surface area (Å²) >= 11 is 0. The molecule has 0 spiro atoms. The zero-order chi connectivity index (χ0) is 15.4. The molecule has 114 valence electrons. The van der Waals surface area contributed by atoms with E-state index in [0.29, 0.717) is 24.2 Å². The van der Waals surface area contributed by atoms with Gasteiger partial charge < -0.3 is 0 Å². The highest BCUT2D eigenvalue weighted by atomic mass is 16.6. The Balaban J connectivity index is 2.51. The maximum atomic E-state index is 11.4. The molecule has 2 rings (SSSR count). The van der Waals surface area contributed by atoms with Crippen molar-refractivity contribution in [2.75, 3.05) is 0 Å². The molecule has 2 atom stereocenters. The Morgan fingerprint density at radius 3 is 2.62 bits per heavy atom. The summed E-state index contributed by atoms with van der Waals surface area (Å²) in [5, 5.41) is 25.3. The van der Waals surface area contributed by atoms with Crippen LogP contribution in [0.15, 0.2) is 0 Å². The number of hydrogen-bond donors (Lipinski definition) is 0. The van der Waals surface area contributed by atoms with Gasteiger partial charge in [0.15, 0.2) is 0 Å². The Bertz CT molecular complexity index is 559. The van der Waals surface area contributed by atoms with E-state index in [2.05, 4.69) is 11.2 Å². The van der Waals surface area contributed by atoms with Crippen LogP contribution < -0.4 is 0 Å². The SMILES string of the molecule is CCc1nn(C2CCCCCC2C#N)c(CC)c1[N+](=O)[O-]. The lowest BCUT2D eigenvalue weighted by atomic mass is 9.96. The van der Waals surface area contributed by atoms with Crippen LogP contribution in [-0.2, 0) is 12.8 Å². The Morgan fingerprint density at radius 2 is 2.05 bits per heavy atom. The molecule has 0 bridgehead atoms. The summed E-state index contributed by atoms with van der Waals surface area (Å²) in [6.07, 6.45) is 6.09. The molecule has 0 aromatic carbocycles. The maximum Gasteiger partial charge on any atom is 0.313 e. The minimum Gasteiger partial charge on any atom is -0.258 e. The summed E-state index contributed by atoms with van der Waals surface area (Å²) in [4.78, 5) is 11.0. The smallest absolute Gasteiger partial charge is 0.258 e. The summed E-state index contributed by atoms with van der Waals surface area (Å²) in [6.45, 7) is 3.80. The minimum absolute atomic E-state index is 0.0218. The molecule has 2 unspecified atom stereocenters. The topological polar surface area (TPSA) is 84.8 Å². The van der Waals surface area contributed by atoms with E-state index < -0.39 is 0 Å². The summed E-state index contributed by atoms with van der Waals surface area (Å²) in [5.74, 6) is -0.0954. The average Bonchev–Trinajstić information content (AvgIpc) is 2.69. The van der Waals surface area contributed by atoms with Gasteiger partial charge in [-0.25, -0.2) is 0 Å². The number of nitro groups is 1. The molecular formula is C15H22N4O2. The largest absolute Gasteiger partial charge is 0.313 e. The van der Waals surface area contributed by atoms with Gasteiger partial charge in [-0.3, -0.25) is 14.8 Å². The van der Waals surface area contributed by atoms with Crippen molar-refractivity contribution in [2.24, 2.45) is 5.92 Å². The molecule has 1 aromatic heterocycles. The predicted octanol–water partition coefficient (Wildman–Crippen LogP) is 3.56. The van der Waals surface area contributed by atoms with Gasteiger partial charge in [0, 0.05) is 0 Å². The third kappa shape index (κ3) is 2.92. The molecule has 0 N–H and O–H groups in total. The Hall–Kier alpha value is -1.90. The van der Waals surface area contributed by atoms with E-state index in [1.54, 1.807) is 4.68 Å². The minimum atomic E-state index is -0.320. The van der Waals surface area contributed by atoms with E-state index in [0.717, 1.165) is 32.1 Å². The normalized spacial score (nSPS) is 22.5. The third-order valence-electron chi connectivity index (χ3n) is 4.36. The first-order valence-electron chi connectivity index (χ1n) is 7.78. The van der Waals surface area contributed by atoms with Crippen LogP contribution in [0.5, 0.6) is 0 Å². The number of aryl methyl sites for hydroxylation is 1. The van der Waals surface area contributed by atoms with Gasteiger partial charge in [-0.1, -0.05) is 33.1 Å². The Morgan fingerprint density at radius 1 is 1.33 bits per heavy atom. The highest BCUT2D eigenvalue weighted by molar-refractivity contribution is 5.41. The number of aromatic nitrogens is 2. The van der Waals surface area contributed by atoms with Gasteiger partial charge in [0.2, 0.25) is 0 Å². The molecule has 1 saturated carbocycles. The Kier molecular flexibility index (Phi) is 4.94. The van der Waals surface area contributed by atoms with Crippen LogP contribution in [0.1, 0.15) is 63.4 Å². The molecule has 0 radical (unpaired) electrons. The fourth-order valence-corrected chi connectivity index (χ4v) is 3.30. The molecule has 0 amide bonds. The van der Waals surface area contributed by atoms with Crippen LogP contribution in [0.3, 0.4) is 0 Å². The van der Waals surface area contributed by atoms with E-state index in [4.69, 9.17) is 0 Å². The van der Waals surface area contributed by atoms with Crippen molar-refractivity contribution < 1.29 is 4.92 Å². The van der Waals surface area contributed by atoms with Gasteiger partial charge in [-0.15, -0.1) is 0 Å². The highest BCUT2D eigenvalue weighted by Gasteiger charge is 2.33. The van der Waals surface area contributed by atoms with Gasteiger partial charge in [0.05, 0.1) is 23.0 Å². The first-order chi connectivity index (χ1) is 10.1. The van der Waals surface area contributed by atoms with Gasteiger partial charge in [-0.2, -0.15) is 10.4 Å². The Labute approximate surface area is 124 Å². The van der Waals surface area contributed by atoms with Gasteiger partial charge in [-0.05, 0) is 25.7 Å². The van der Waals surface area contributed by atoms with E-state index in [9.17, 15) is 15.4 Å². The van der Waals surface area contributed by atoms with Crippen molar-refractivity contribution >= 4 is 5.69 Å². The first-order valence-corrected chi connectivity index (χ1v) is 7.78. The fourth-order valence-electron chi connectivity index (χ4n) is 3.30. The van der Waals surface area contributed by atoms with Crippen molar-refractivity contribution in [3.05, 3.63) is 21.5 Å². The number of nitrogens with zero attached hydrogens (tertiary/aromatic N) is 4. The molecule has 0 saturated heterocycles. The van der Waals surface area contributed by atoms with Crippen LogP contribution in [0.2, 0.25) is 0 Å². The molecule has 1 heterocycles. The van der Waals surface area contributed by atoms with Crippen molar-refractivity contribution in [2.45, 2.75) is 64.8 Å². The van der Waals surface area contributed by atoms with Crippen molar-refractivity contribution in [1.82, 2.24) is 9.78 Å². The summed E-state index contributed by atoms with van der Waals surface area (Å²) < 4.78 is 1.80. The highest BCUT2D eigenvalue weighted by Crippen LogP contribution is 2.36. The molecule has 6 nitrogen and oxygen atoms in total. The summed E-state index contributed by atoms with van der Waals surface area (Å²) in [5.41, 5.74) is 1.36. The third-order valence-corrected chi connectivity index (χ3v) is 4.36. The van der Waals surface area contributed by atoms with Crippen LogP contribution in [0.25, 0.3) is 0 Å². The fraction of sp³-hybridized carbons (Fsp3) is 0.733. The van der Waals surface area contributed by atoms with Gasteiger partial charge in [0.25, 0.3) is 0 Å². The van der Waals surface area contributed by atoms with Gasteiger partial charge >= 0.3 is 5.69 Å². The molecule has 1 fully saturated rings.